The summed E-state index contributed by atoms with van der Waals surface area (Å²) in [7, 11) is 0. The molecule has 2 rings (SSSR count). The van der Waals surface area contributed by atoms with Gasteiger partial charge in [-0.05, 0) is 19.1 Å². The summed E-state index contributed by atoms with van der Waals surface area (Å²) in [5.41, 5.74) is -0.793. The number of halogens is 3. The Hall–Kier alpha value is -2.38. The van der Waals surface area contributed by atoms with Gasteiger partial charge in [0.2, 0.25) is 5.43 Å². The molecule has 0 aliphatic carbocycles. The first kappa shape index (κ1) is 14.0. The van der Waals surface area contributed by atoms with Crippen LogP contribution >= 0.6 is 0 Å². The minimum absolute atomic E-state index is 0.139. The minimum atomic E-state index is -4.57. The Morgan fingerprint density at radius 1 is 1.45 bits per heavy atom. The van der Waals surface area contributed by atoms with Crippen LogP contribution in [0.25, 0.3) is 11.0 Å². The zero-order chi connectivity index (χ0) is 14.9. The van der Waals surface area contributed by atoms with Crippen molar-refractivity contribution in [2.24, 2.45) is 0 Å². The normalized spacial score (nSPS) is 13.2. The molecule has 2 aromatic heterocycles. The standard InChI is InChI=1S/C12H10F3N3O2/c1-6(12(13,14)15)18-11(20)8-5-17-10-7(9(8)19)3-2-4-16-10/h2-6H,1H3,(H,18,20)(H,16,17,19)/t6-/m0/s1. The second-order valence-corrected chi connectivity index (χ2v) is 4.17. The Morgan fingerprint density at radius 2 is 2.15 bits per heavy atom. The molecule has 0 saturated heterocycles. The van der Waals surface area contributed by atoms with Crippen molar-refractivity contribution in [1.82, 2.24) is 15.3 Å². The summed E-state index contributed by atoms with van der Waals surface area (Å²) >= 11 is 0. The lowest BCUT2D eigenvalue weighted by atomic mass is 10.2. The van der Waals surface area contributed by atoms with Crippen molar-refractivity contribution in [1.29, 1.82) is 0 Å². The molecule has 0 unspecified atom stereocenters. The van der Waals surface area contributed by atoms with Crippen LogP contribution in [0.2, 0.25) is 0 Å². The number of carbonyl (C=O) groups is 1. The average molecular weight is 285 g/mol. The number of nitrogens with one attached hydrogen (secondary N) is 2. The molecule has 106 valence electrons. The lowest BCUT2D eigenvalue weighted by Crippen LogP contribution is -2.44. The van der Waals surface area contributed by atoms with Crippen molar-refractivity contribution in [2.45, 2.75) is 19.1 Å². The second-order valence-electron chi connectivity index (χ2n) is 4.17. The van der Waals surface area contributed by atoms with E-state index in [2.05, 4.69) is 9.97 Å². The first-order chi connectivity index (χ1) is 9.30. The topological polar surface area (TPSA) is 74.8 Å². The Morgan fingerprint density at radius 3 is 2.80 bits per heavy atom. The average Bonchev–Trinajstić information content (AvgIpc) is 2.38. The molecular weight excluding hydrogens is 275 g/mol. The third-order valence-corrected chi connectivity index (χ3v) is 2.73. The van der Waals surface area contributed by atoms with Crippen LogP contribution < -0.4 is 10.7 Å². The summed E-state index contributed by atoms with van der Waals surface area (Å²) in [5.74, 6) is -1.08. The van der Waals surface area contributed by atoms with Gasteiger partial charge in [-0.1, -0.05) is 0 Å². The molecule has 1 atom stereocenters. The van der Waals surface area contributed by atoms with Gasteiger partial charge in [0.05, 0.1) is 5.39 Å². The number of aromatic amines is 1. The molecular formula is C12H10F3N3O2. The van der Waals surface area contributed by atoms with E-state index in [-0.39, 0.29) is 16.6 Å². The first-order valence-electron chi connectivity index (χ1n) is 5.64. The van der Waals surface area contributed by atoms with Gasteiger partial charge < -0.3 is 10.3 Å². The summed E-state index contributed by atoms with van der Waals surface area (Å²) in [6.45, 7) is 0.800. The van der Waals surface area contributed by atoms with Gasteiger partial charge in [-0.2, -0.15) is 13.2 Å². The summed E-state index contributed by atoms with van der Waals surface area (Å²) in [6, 6.07) is 0.891. The molecule has 0 bridgehead atoms. The molecule has 0 aliphatic rings. The van der Waals surface area contributed by atoms with Gasteiger partial charge in [0, 0.05) is 12.4 Å². The van der Waals surface area contributed by atoms with Crippen molar-refractivity contribution in [3.63, 3.8) is 0 Å². The third-order valence-electron chi connectivity index (χ3n) is 2.73. The lowest BCUT2D eigenvalue weighted by Gasteiger charge is -2.16. The molecule has 0 fully saturated rings. The van der Waals surface area contributed by atoms with Crippen molar-refractivity contribution >= 4 is 16.9 Å². The predicted octanol–water partition coefficient (Wildman–Crippen LogP) is 1.60. The maximum atomic E-state index is 12.4. The number of alkyl halides is 3. The van der Waals surface area contributed by atoms with Crippen LogP contribution in [0.15, 0.2) is 29.3 Å². The highest BCUT2D eigenvalue weighted by Crippen LogP contribution is 2.19. The molecule has 20 heavy (non-hydrogen) atoms. The summed E-state index contributed by atoms with van der Waals surface area (Å²) in [6.07, 6.45) is -2.07. The van der Waals surface area contributed by atoms with Crippen LogP contribution in [-0.4, -0.2) is 28.1 Å². The van der Waals surface area contributed by atoms with Crippen LogP contribution in [-0.2, 0) is 0 Å². The molecule has 2 N–H and O–H groups in total. The van der Waals surface area contributed by atoms with Crippen molar-refractivity contribution < 1.29 is 18.0 Å². The van der Waals surface area contributed by atoms with E-state index in [4.69, 9.17) is 0 Å². The fourth-order valence-electron chi connectivity index (χ4n) is 1.58. The van der Waals surface area contributed by atoms with Crippen LogP contribution in [0.3, 0.4) is 0 Å². The highest BCUT2D eigenvalue weighted by Gasteiger charge is 2.37. The Bertz CT molecular complexity index is 709. The molecule has 5 nitrogen and oxygen atoms in total. The van der Waals surface area contributed by atoms with E-state index in [0.29, 0.717) is 0 Å². The highest BCUT2D eigenvalue weighted by molar-refractivity contribution is 5.96. The Labute approximate surface area is 110 Å². The van der Waals surface area contributed by atoms with E-state index in [0.717, 1.165) is 13.1 Å². The van der Waals surface area contributed by atoms with Gasteiger partial charge in [-0.3, -0.25) is 9.59 Å². The number of amides is 1. The van der Waals surface area contributed by atoms with Gasteiger partial charge in [-0.15, -0.1) is 0 Å². The quantitative estimate of drug-likeness (QED) is 0.880. The van der Waals surface area contributed by atoms with E-state index in [1.54, 1.807) is 5.32 Å². The van der Waals surface area contributed by atoms with E-state index in [1.807, 2.05) is 0 Å². The smallest absolute Gasteiger partial charge is 0.345 e. The van der Waals surface area contributed by atoms with Crippen LogP contribution in [0.4, 0.5) is 13.2 Å². The highest BCUT2D eigenvalue weighted by atomic mass is 19.4. The van der Waals surface area contributed by atoms with E-state index >= 15 is 0 Å². The molecule has 1 amide bonds. The number of carbonyl (C=O) groups excluding carboxylic acids is 1. The SMILES string of the molecule is C[C@H](NC(=O)c1c[nH]c2ncccc2c1=O)C(F)(F)F. The lowest BCUT2D eigenvalue weighted by molar-refractivity contribution is -0.149. The number of H-pyrrole nitrogens is 1. The van der Waals surface area contributed by atoms with Gasteiger partial charge in [0.1, 0.15) is 17.3 Å². The predicted molar refractivity (Wildman–Crippen MR) is 65.3 cm³/mol. The molecule has 0 spiro atoms. The van der Waals surface area contributed by atoms with Crippen molar-refractivity contribution in [2.75, 3.05) is 0 Å². The monoisotopic (exact) mass is 285 g/mol. The van der Waals surface area contributed by atoms with Crippen molar-refractivity contribution in [3.05, 3.63) is 40.3 Å². The van der Waals surface area contributed by atoms with Gasteiger partial charge in [-0.25, -0.2) is 4.98 Å². The number of rotatable bonds is 2. The zero-order valence-corrected chi connectivity index (χ0v) is 10.3. The van der Waals surface area contributed by atoms with Gasteiger partial charge in [0.25, 0.3) is 5.91 Å². The maximum absolute atomic E-state index is 12.4. The van der Waals surface area contributed by atoms with Gasteiger partial charge >= 0.3 is 6.18 Å². The van der Waals surface area contributed by atoms with Crippen LogP contribution in [0, 0.1) is 0 Å². The third kappa shape index (κ3) is 2.63. The Balaban J connectivity index is 2.36. The molecule has 0 radical (unpaired) electrons. The fraction of sp³-hybridized carbons (Fsp3) is 0.250. The largest absolute Gasteiger partial charge is 0.408 e. The van der Waals surface area contributed by atoms with Gasteiger partial charge in [0.15, 0.2) is 0 Å². The fourth-order valence-corrected chi connectivity index (χ4v) is 1.58. The number of hydrogen-bond acceptors (Lipinski definition) is 3. The number of hydrogen-bond donors (Lipinski definition) is 2. The van der Waals surface area contributed by atoms with Crippen LogP contribution in [0.5, 0.6) is 0 Å². The zero-order valence-electron chi connectivity index (χ0n) is 10.3. The number of nitrogens with zero attached hydrogens (tertiary/aromatic N) is 1. The number of aromatic nitrogens is 2. The first-order valence-corrected chi connectivity index (χ1v) is 5.64. The Kier molecular flexibility index (Phi) is 3.47. The molecule has 0 aliphatic heterocycles. The van der Waals surface area contributed by atoms with E-state index in [1.165, 1.54) is 18.3 Å². The molecule has 2 heterocycles. The van der Waals surface area contributed by atoms with Crippen molar-refractivity contribution in [3.8, 4) is 0 Å². The number of fused-ring (bicyclic) bond motifs is 1. The van der Waals surface area contributed by atoms with E-state index in [9.17, 15) is 22.8 Å². The second kappa shape index (κ2) is 4.95. The molecule has 2 aromatic rings. The van der Waals surface area contributed by atoms with Crippen LogP contribution in [0.1, 0.15) is 17.3 Å². The van der Waals surface area contributed by atoms with E-state index < -0.39 is 23.6 Å². The summed E-state index contributed by atoms with van der Waals surface area (Å²) in [4.78, 5) is 30.2. The minimum Gasteiger partial charge on any atom is -0.345 e. The number of pyridine rings is 2. The summed E-state index contributed by atoms with van der Waals surface area (Å²) < 4.78 is 37.1. The molecule has 0 aromatic carbocycles. The molecule has 0 saturated carbocycles. The summed E-state index contributed by atoms with van der Waals surface area (Å²) in [5, 5.41) is 1.88. The molecule has 8 heteroatoms. The maximum Gasteiger partial charge on any atom is 0.408 e.